The molecule has 0 fully saturated rings. The maximum absolute atomic E-state index is 12.2. The van der Waals surface area contributed by atoms with Gasteiger partial charge in [0.15, 0.2) is 0 Å². The minimum Gasteiger partial charge on any atom is -0.457 e. The molecular formula is C16H25NO4. The van der Waals surface area contributed by atoms with Crippen LogP contribution in [0.25, 0.3) is 0 Å². The van der Waals surface area contributed by atoms with E-state index in [-0.39, 0.29) is 5.92 Å². The van der Waals surface area contributed by atoms with Gasteiger partial charge in [0.2, 0.25) is 0 Å². The molecule has 1 rings (SSSR count). The molecule has 1 aliphatic rings. The molecule has 1 N–H and O–H groups in total. The van der Waals surface area contributed by atoms with Crippen LogP contribution in [0.15, 0.2) is 23.5 Å². The number of rotatable bonds is 2. The average molecular weight is 295 g/mol. The average Bonchev–Trinajstić information content (AvgIpc) is 2.23. The lowest BCUT2D eigenvalue weighted by Gasteiger charge is -2.27. The van der Waals surface area contributed by atoms with Crippen molar-refractivity contribution in [3.05, 3.63) is 23.5 Å². The molecule has 1 aliphatic heterocycles. The molecule has 0 bridgehead atoms. The van der Waals surface area contributed by atoms with E-state index in [0.717, 1.165) is 0 Å². The zero-order chi connectivity index (χ0) is 16.4. The normalized spacial score (nSPS) is 16.5. The van der Waals surface area contributed by atoms with Gasteiger partial charge in [-0.25, -0.2) is 9.59 Å². The maximum Gasteiger partial charge on any atom is 0.336 e. The van der Waals surface area contributed by atoms with Crippen LogP contribution >= 0.6 is 0 Å². The molecule has 0 radical (unpaired) electrons. The SMILES string of the molecule is CC1C(C(=O)OC(C)(C)C)=CNC=C1C(=O)OC(C)(C)C. The second-order valence-electron chi connectivity index (χ2n) is 7.09. The number of dihydropyridines is 1. The summed E-state index contributed by atoms with van der Waals surface area (Å²) in [7, 11) is 0. The number of nitrogens with one attached hydrogen (secondary N) is 1. The van der Waals surface area contributed by atoms with Crippen molar-refractivity contribution >= 4 is 11.9 Å². The molecule has 0 unspecified atom stereocenters. The molecule has 0 aromatic carbocycles. The van der Waals surface area contributed by atoms with Crippen molar-refractivity contribution in [2.24, 2.45) is 5.92 Å². The van der Waals surface area contributed by atoms with E-state index in [2.05, 4.69) is 5.32 Å². The predicted molar refractivity (Wildman–Crippen MR) is 80.2 cm³/mol. The summed E-state index contributed by atoms with van der Waals surface area (Å²) >= 11 is 0. The van der Waals surface area contributed by atoms with E-state index in [4.69, 9.17) is 9.47 Å². The molecule has 0 aromatic heterocycles. The number of ether oxygens (including phenoxy) is 2. The quantitative estimate of drug-likeness (QED) is 0.793. The molecule has 0 saturated carbocycles. The van der Waals surface area contributed by atoms with E-state index in [1.807, 2.05) is 0 Å². The van der Waals surface area contributed by atoms with Gasteiger partial charge in [-0.2, -0.15) is 0 Å². The predicted octanol–water partition coefficient (Wildman–Crippen LogP) is 2.68. The molecule has 0 aromatic rings. The lowest BCUT2D eigenvalue weighted by Crippen LogP contribution is -2.33. The highest BCUT2D eigenvalue weighted by Gasteiger charge is 2.32. The smallest absolute Gasteiger partial charge is 0.336 e. The molecule has 21 heavy (non-hydrogen) atoms. The topological polar surface area (TPSA) is 64.6 Å². The van der Waals surface area contributed by atoms with Gasteiger partial charge in [-0.1, -0.05) is 6.92 Å². The molecule has 1 heterocycles. The van der Waals surface area contributed by atoms with Crippen molar-refractivity contribution in [1.82, 2.24) is 5.32 Å². The Kier molecular flexibility index (Phi) is 4.87. The Bertz CT molecular complexity index is 445. The van der Waals surface area contributed by atoms with Crippen molar-refractivity contribution in [1.29, 1.82) is 0 Å². The van der Waals surface area contributed by atoms with Crippen LogP contribution < -0.4 is 5.32 Å². The third kappa shape index (κ3) is 5.25. The molecular weight excluding hydrogens is 270 g/mol. The molecule has 118 valence electrons. The van der Waals surface area contributed by atoms with Crippen LogP contribution in [0.1, 0.15) is 48.5 Å². The van der Waals surface area contributed by atoms with Gasteiger partial charge in [0.25, 0.3) is 0 Å². The first-order valence-corrected chi connectivity index (χ1v) is 7.03. The van der Waals surface area contributed by atoms with Gasteiger partial charge < -0.3 is 14.8 Å². The van der Waals surface area contributed by atoms with E-state index < -0.39 is 23.1 Å². The summed E-state index contributed by atoms with van der Waals surface area (Å²) in [5.41, 5.74) is -0.336. The third-order valence-electron chi connectivity index (χ3n) is 2.68. The van der Waals surface area contributed by atoms with Gasteiger partial charge in [-0.3, -0.25) is 0 Å². The van der Waals surface area contributed by atoms with Crippen molar-refractivity contribution in [2.75, 3.05) is 0 Å². The van der Waals surface area contributed by atoms with Crippen LogP contribution in [-0.4, -0.2) is 23.1 Å². The van der Waals surface area contributed by atoms with Crippen LogP contribution in [0, 0.1) is 5.92 Å². The molecule has 0 atom stereocenters. The Morgan fingerprint density at radius 2 is 1.24 bits per heavy atom. The molecule has 5 nitrogen and oxygen atoms in total. The molecule has 0 aliphatic carbocycles. The van der Waals surface area contributed by atoms with E-state index in [0.29, 0.717) is 11.1 Å². The summed E-state index contributed by atoms with van der Waals surface area (Å²) in [6, 6.07) is 0. The fraction of sp³-hybridized carbons (Fsp3) is 0.625. The number of carbonyl (C=O) groups excluding carboxylic acids is 2. The Morgan fingerprint density at radius 3 is 1.52 bits per heavy atom. The van der Waals surface area contributed by atoms with Gasteiger partial charge in [-0.05, 0) is 41.5 Å². The van der Waals surface area contributed by atoms with E-state index in [1.165, 1.54) is 0 Å². The van der Waals surface area contributed by atoms with E-state index in [1.54, 1.807) is 60.9 Å². The van der Waals surface area contributed by atoms with Gasteiger partial charge in [0.05, 0.1) is 11.1 Å². The first-order chi connectivity index (χ1) is 9.41. The molecule has 5 heteroatoms. The Morgan fingerprint density at radius 1 is 0.905 bits per heavy atom. The highest BCUT2D eigenvalue weighted by Crippen LogP contribution is 2.27. The second-order valence-corrected chi connectivity index (χ2v) is 7.09. The van der Waals surface area contributed by atoms with Crippen molar-refractivity contribution in [3.63, 3.8) is 0 Å². The zero-order valence-corrected chi connectivity index (χ0v) is 13.9. The maximum atomic E-state index is 12.2. The van der Waals surface area contributed by atoms with Gasteiger partial charge >= 0.3 is 11.9 Å². The van der Waals surface area contributed by atoms with E-state index >= 15 is 0 Å². The zero-order valence-electron chi connectivity index (χ0n) is 13.9. The fourth-order valence-electron chi connectivity index (χ4n) is 1.78. The van der Waals surface area contributed by atoms with Gasteiger partial charge in [-0.15, -0.1) is 0 Å². The highest BCUT2D eigenvalue weighted by molar-refractivity contribution is 5.96. The highest BCUT2D eigenvalue weighted by atomic mass is 16.6. The molecule has 0 amide bonds. The number of hydrogen-bond donors (Lipinski definition) is 1. The minimum atomic E-state index is -0.578. The summed E-state index contributed by atoms with van der Waals surface area (Å²) in [5.74, 6) is -1.25. The van der Waals surface area contributed by atoms with Crippen molar-refractivity contribution in [3.8, 4) is 0 Å². The number of carbonyl (C=O) groups is 2. The van der Waals surface area contributed by atoms with Crippen molar-refractivity contribution < 1.29 is 19.1 Å². The summed E-state index contributed by atoms with van der Waals surface area (Å²) < 4.78 is 10.7. The first-order valence-electron chi connectivity index (χ1n) is 7.03. The summed E-state index contributed by atoms with van der Waals surface area (Å²) in [6.07, 6.45) is 3.12. The van der Waals surface area contributed by atoms with Crippen molar-refractivity contribution in [2.45, 2.75) is 59.7 Å². The van der Waals surface area contributed by atoms with Crippen LogP contribution in [0.3, 0.4) is 0 Å². The number of esters is 2. The largest absolute Gasteiger partial charge is 0.457 e. The Hall–Kier alpha value is -1.78. The number of hydrogen-bond acceptors (Lipinski definition) is 5. The Labute approximate surface area is 126 Å². The second kappa shape index (κ2) is 5.92. The third-order valence-corrected chi connectivity index (χ3v) is 2.68. The van der Waals surface area contributed by atoms with Crippen LogP contribution in [-0.2, 0) is 19.1 Å². The van der Waals surface area contributed by atoms with Gasteiger partial charge in [0.1, 0.15) is 11.2 Å². The lowest BCUT2D eigenvalue weighted by molar-refractivity contribution is -0.151. The lowest BCUT2D eigenvalue weighted by atomic mass is 9.91. The molecule has 0 saturated heterocycles. The van der Waals surface area contributed by atoms with Gasteiger partial charge in [0, 0.05) is 18.3 Å². The monoisotopic (exact) mass is 295 g/mol. The van der Waals surface area contributed by atoms with Crippen LogP contribution in [0.2, 0.25) is 0 Å². The first kappa shape index (κ1) is 17.3. The summed E-state index contributed by atoms with van der Waals surface area (Å²) in [6.45, 7) is 12.6. The minimum absolute atomic E-state index is 0.379. The summed E-state index contributed by atoms with van der Waals surface area (Å²) in [5, 5.41) is 2.82. The standard InChI is InChI=1S/C16H25NO4/c1-10-11(13(18)20-15(2,3)4)8-17-9-12(10)14(19)21-16(5,6)7/h8-10,17H,1-7H3. The summed E-state index contributed by atoms with van der Waals surface area (Å²) in [4.78, 5) is 24.3. The fourth-order valence-corrected chi connectivity index (χ4v) is 1.78. The van der Waals surface area contributed by atoms with Crippen LogP contribution in [0.4, 0.5) is 0 Å². The van der Waals surface area contributed by atoms with E-state index in [9.17, 15) is 9.59 Å². The Balaban J connectivity index is 2.84. The molecule has 0 spiro atoms. The van der Waals surface area contributed by atoms with Crippen LogP contribution in [0.5, 0.6) is 0 Å².